The zero-order valence-corrected chi connectivity index (χ0v) is 14.9. The van der Waals surface area contributed by atoms with Gasteiger partial charge in [0.25, 0.3) is 0 Å². The first-order valence-electron chi connectivity index (χ1n) is 9.63. The Bertz CT molecular complexity index is 550. The fourth-order valence-electron chi connectivity index (χ4n) is 5.39. The Morgan fingerprint density at radius 1 is 1.32 bits per heavy atom. The molecule has 140 valence electrons. The number of ether oxygens (including phenoxy) is 1. The van der Waals surface area contributed by atoms with Crippen LogP contribution in [0.3, 0.4) is 0 Å². The summed E-state index contributed by atoms with van der Waals surface area (Å²) in [4.78, 5) is 27.7. The average Bonchev–Trinajstić information content (AvgIpc) is 3.13. The van der Waals surface area contributed by atoms with Gasteiger partial charge in [-0.3, -0.25) is 14.6 Å². The van der Waals surface area contributed by atoms with E-state index in [1.165, 1.54) is 0 Å². The molecule has 0 aromatic rings. The molecule has 6 nitrogen and oxygen atoms in total. The third kappa shape index (κ3) is 2.90. The molecule has 0 radical (unpaired) electrons. The molecule has 0 aromatic carbocycles. The van der Waals surface area contributed by atoms with Crippen molar-refractivity contribution < 1.29 is 18.7 Å². The van der Waals surface area contributed by atoms with E-state index in [-0.39, 0.29) is 35.5 Å². The molecule has 7 heteroatoms. The van der Waals surface area contributed by atoms with Crippen molar-refractivity contribution in [3.8, 4) is 0 Å². The second kappa shape index (κ2) is 6.41. The molecule has 1 spiro atoms. The van der Waals surface area contributed by atoms with Crippen LogP contribution in [-0.2, 0) is 9.53 Å². The van der Waals surface area contributed by atoms with E-state index < -0.39 is 6.17 Å². The molecule has 4 heterocycles. The van der Waals surface area contributed by atoms with Crippen molar-refractivity contribution in [3.05, 3.63) is 0 Å². The van der Waals surface area contributed by atoms with Crippen molar-refractivity contribution in [3.63, 3.8) is 0 Å². The van der Waals surface area contributed by atoms with Crippen LogP contribution in [-0.4, -0.2) is 72.3 Å². The van der Waals surface area contributed by atoms with Crippen molar-refractivity contribution in [2.45, 2.75) is 69.7 Å². The SMILES string of the molecule is CCOC(=O)N1C2CCC1C(F)C(N1CCC3(CC1)CNC(=O)C3)C2. The predicted octanol–water partition coefficient (Wildman–Crippen LogP) is 1.69. The number of likely N-dealkylation sites (tertiary alicyclic amines) is 1. The van der Waals surface area contributed by atoms with Crippen LogP contribution in [0, 0.1) is 5.41 Å². The Labute approximate surface area is 148 Å². The molecule has 4 saturated heterocycles. The Hall–Kier alpha value is -1.37. The lowest BCUT2D eigenvalue weighted by molar-refractivity contribution is -0.120. The van der Waals surface area contributed by atoms with Gasteiger partial charge < -0.3 is 10.1 Å². The third-order valence-corrected chi connectivity index (χ3v) is 6.80. The van der Waals surface area contributed by atoms with E-state index in [1.807, 2.05) is 0 Å². The maximum absolute atomic E-state index is 15.2. The second-order valence-electron chi connectivity index (χ2n) is 8.14. The van der Waals surface area contributed by atoms with Gasteiger partial charge in [0.1, 0.15) is 6.17 Å². The Morgan fingerprint density at radius 2 is 2.08 bits per heavy atom. The number of rotatable bonds is 2. The van der Waals surface area contributed by atoms with Crippen LogP contribution in [0.2, 0.25) is 0 Å². The number of amides is 2. The number of fused-ring (bicyclic) bond motifs is 2. The molecule has 0 aromatic heterocycles. The fraction of sp³-hybridized carbons (Fsp3) is 0.889. The van der Waals surface area contributed by atoms with E-state index in [9.17, 15) is 9.59 Å². The highest BCUT2D eigenvalue weighted by molar-refractivity contribution is 5.79. The molecule has 4 atom stereocenters. The molecule has 0 saturated carbocycles. The van der Waals surface area contributed by atoms with E-state index in [0.29, 0.717) is 19.4 Å². The van der Waals surface area contributed by atoms with Crippen molar-refractivity contribution in [1.82, 2.24) is 15.1 Å². The summed E-state index contributed by atoms with van der Waals surface area (Å²) in [6, 6.07) is -0.342. The van der Waals surface area contributed by atoms with Gasteiger partial charge in [-0.25, -0.2) is 9.18 Å². The minimum Gasteiger partial charge on any atom is -0.450 e. The monoisotopic (exact) mass is 353 g/mol. The fourth-order valence-corrected chi connectivity index (χ4v) is 5.39. The number of halogens is 1. The minimum absolute atomic E-state index is 0.0873. The molecule has 4 aliphatic rings. The number of nitrogens with zero attached hydrogens (tertiary/aromatic N) is 2. The lowest BCUT2D eigenvalue weighted by atomic mass is 9.77. The highest BCUT2D eigenvalue weighted by Gasteiger charge is 2.53. The minimum atomic E-state index is -1.01. The Balaban J connectivity index is 1.40. The van der Waals surface area contributed by atoms with Gasteiger partial charge in [-0.1, -0.05) is 0 Å². The van der Waals surface area contributed by atoms with Gasteiger partial charge in [-0.2, -0.15) is 0 Å². The molecule has 25 heavy (non-hydrogen) atoms. The van der Waals surface area contributed by atoms with Crippen molar-refractivity contribution in [2.24, 2.45) is 5.41 Å². The zero-order chi connectivity index (χ0) is 17.6. The highest BCUT2D eigenvalue weighted by atomic mass is 19.1. The Morgan fingerprint density at radius 3 is 2.72 bits per heavy atom. The van der Waals surface area contributed by atoms with E-state index >= 15 is 4.39 Å². The lowest BCUT2D eigenvalue weighted by Crippen LogP contribution is -2.61. The molecular formula is C18H28FN3O3. The molecule has 2 bridgehead atoms. The van der Waals surface area contributed by atoms with Gasteiger partial charge in [0.15, 0.2) is 0 Å². The summed E-state index contributed by atoms with van der Waals surface area (Å²) in [5, 5.41) is 2.95. The van der Waals surface area contributed by atoms with E-state index in [2.05, 4.69) is 10.2 Å². The topological polar surface area (TPSA) is 61.9 Å². The number of piperidine rings is 2. The molecule has 0 aliphatic carbocycles. The summed E-state index contributed by atoms with van der Waals surface area (Å²) in [7, 11) is 0. The van der Waals surface area contributed by atoms with E-state index in [0.717, 1.165) is 45.3 Å². The van der Waals surface area contributed by atoms with Crippen molar-refractivity contribution >= 4 is 12.0 Å². The molecule has 4 unspecified atom stereocenters. The van der Waals surface area contributed by atoms with Crippen LogP contribution in [0.4, 0.5) is 9.18 Å². The highest BCUT2D eigenvalue weighted by Crippen LogP contribution is 2.43. The first-order chi connectivity index (χ1) is 12.0. The number of carbonyl (C=O) groups excluding carboxylic acids is 2. The summed E-state index contributed by atoms with van der Waals surface area (Å²) in [6.07, 6.45) is 3.45. The lowest BCUT2D eigenvalue weighted by Gasteiger charge is -2.48. The molecule has 4 fully saturated rings. The number of hydrogen-bond acceptors (Lipinski definition) is 4. The molecule has 4 rings (SSSR count). The van der Waals surface area contributed by atoms with Gasteiger partial charge in [0.2, 0.25) is 5.91 Å². The van der Waals surface area contributed by atoms with Crippen LogP contribution >= 0.6 is 0 Å². The van der Waals surface area contributed by atoms with Crippen LogP contribution in [0.25, 0.3) is 0 Å². The largest absolute Gasteiger partial charge is 0.450 e. The summed E-state index contributed by atoms with van der Waals surface area (Å²) < 4.78 is 20.4. The molecular weight excluding hydrogens is 325 g/mol. The van der Waals surface area contributed by atoms with Crippen LogP contribution in [0.5, 0.6) is 0 Å². The van der Waals surface area contributed by atoms with Gasteiger partial charge >= 0.3 is 6.09 Å². The maximum atomic E-state index is 15.2. The second-order valence-corrected chi connectivity index (χ2v) is 8.14. The molecule has 2 amide bonds. The van der Waals surface area contributed by atoms with Gasteiger partial charge in [-0.15, -0.1) is 0 Å². The molecule has 4 aliphatic heterocycles. The van der Waals surface area contributed by atoms with Crippen molar-refractivity contribution in [2.75, 3.05) is 26.2 Å². The van der Waals surface area contributed by atoms with Crippen LogP contribution in [0.15, 0.2) is 0 Å². The van der Waals surface area contributed by atoms with Crippen molar-refractivity contribution in [1.29, 1.82) is 0 Å². The maximum Gasteiger partial charge on any atom is 0.410 e. The first kappa shape index (κ1) is 17.1. The summed E-state index contributed by atoms with van der Waals surface area (Å²) in [5.74, 6) is 0.151. The summed E-state index contributed by atoms with van der Waals surface area (Å²) in [6.45, 7) is 4.57. The third-order valence-electron chi connectivity index (χ3n) is 6.80. The average molecular weight is 353 g/mol. The zero-order valence-electron chi connectivity index (χ0n) is 14.9. The number of nitrogens with one attached hydrogen (secondary N) is 1. The van der Waals surface area contributed by atoms with Crippen LogP contribution < -0.4 is 5.32 Å². The smallest absolute Gasteiger partial charge is 0.410 e. The van der Waals surface area contributed by atoms with Crippen LogP contribution in [0.1, 0.15) is 45.4 Å². The van der Waals surface area contributed by atoms with Gasteiger partial charge in [0.05, 0.1) is 12.6 Å². The number of hydrogen-bond donors (Lipinski definition) is 1. The number of alkyl halides is 1. The van der Waals surface area contributed by atoms with Gasteiger partial charge in [-0.05, 0) is 57.5 Å². The summed E-state index contributed by atoms with van der Waals surface area (Å²) in [5.41, 5.74) is 0.0873. The standard InChI is InChI=1S/C18H28FN3O3/c1-2-25-17(24)22-12-3-4-13(22)16(19)14(9-12)21-7-5-18(6-8-21)10-15(23)20-11-18/h12-14,16H,2-11H2,1H3,(H,20,23). The predicted molar refractivity (Wildman–Crippen MR) is 89.8 cm³/mol. The van der Waals surface area contributed by atoms with E-state index in [4.69, 9.17) is 4.74 Å². The first-order valence-corrected chi connectivity index (χ1v) is 9.63. The number of carbonyl (C=O) groups is 2. The normalized spacial score (nSPS) is 37.4. The Kier molecular flexibility index (Phi) is 4.38. The molecule has 1 N–H and O–H groups in total. The van der Waals surface area contributed by atoms with E-state index in [1.54, 1.807) is 11.8 Å². The summed E-state index contributed by atoms with van der Waals surface area (Å²) >= 11 is 0. The quantitative estimate of drug-likeness (QED) is 0.821. The van der Waals surface area contributed by atoms with Gasteiger partial charge in [0, 0.05) is 25.0 Å².